The van der Waals surface area contributed by atoms with Crippen LogP contribution in [0.1, 0.15) is 92.9 Å². The van der Waals surface area contributed by atoms with Crippen molar-refractivity contribution in [3.8, 4) is 0 Å². The number of hydrogen-bond donors (Lipinski definition) is 3. The molecule has 0 aromatic carbocycles. The minimum Gasteiger partial charge on any atom is -0.393 e. The molecule has 0 saturated heterocycles. The second-order valence-electron chi connectivity index (χ2n) is 12.9. The van der Waals surface area contributed by atoms with E-state index in [0.29, 0.717) is 59.7 Å². The highest BCUT2D eigenvalue weighted by molar-refractivity contribution is 5.17. The van der Waals surface area contributed by atoms with Crippen molar-refractivity contribution in [2.45, 2.75) is 111 Å². The number of hydrogen-bond acceptors (Lipinski definition) is 3. The van der Waals surface area contributed by atoms with E-state index < -0.39 is 17.8 Å². The third-order valence-corrected chi connectivity index (χ3v) is 11.3. The normalized spacial score (nSPS) is 51.9. The van der Waals surface area contributed by atoms with E-state index in [2.05, 4.69) is 53.7 Å². The highest BCUT2D eigenvalue weighted by Crippen LogP contribution is 2.69. The van der Waals surface area contributed by atoms with Crippen molar-refractivity contribution < 1.29 is 15.3 Å². The molecule has 0 aromatic rings. The van der Waals surface area contributed by atoms with Crippen LogP contribution in [0.15, 0.2) is 12.2 Å². The Balaban J connectivity index is 1.56. The SMILES string of the molecule is CC(C)[C@@H](C)/C=C/[C@@H](C)[C@@H]1CC[C@@H]2[C@@H]3C[C@@H](O)[C@@]4(O)C[C@@H](O)CC[C@]4(C)[C@@H]3CC[C@@]21C. The average Bonchev–Trinajstić information content (AvgIpc) is 3.05. The van der Waals surface area contributed by atoms with Crippen LogP contribution in [0.4, 0.5) is 0 Å². The smallest absolute Gasteiger partial charge is 0.0985 e. The first-order valence-corrected chi connectivity index (χ1v) is 13.2. The molecular weight excluding hydrogens is 384 g/mol. The summed E-state index contributed by atoms with van der Waals surface area (Å²) in [5.74, 6) is 4.24. The van der Waals surface area contributed by atoms with Gasteiger partial charge in [-0.15, -0.1) is 0 Å². The van der Waals surface area contributed by atoms with Crippen LogP contribution >= 0.6 is 0 Å². The van der Waals surface area contributed by atoms with Crippen LogP contribution in [0.2, 0.25) is 0 Å². The minimum absolute atomic E-state index is 0.272. The number of rotatable bonds is 4. The summed E-state index contributed by atoms with van der Waals surface area (Å²) >= 11 is 0. The minimum atomic E-state index is -1.12. The van der Waals surface area contributed by atoms with Crippen LogP contribution in [0.5, 0.6) is 0 Å². The van der Waals surface area contributed by atoms with Gasteiger partial charge in [0.15, 0.2) is 0 Å². The Morgan fingerprint density at radius 1 is 0.871 bits per heavy atom. The Morgan fingerprint density at radius 2 is 1.58 bits per heavy atom. The summed E-state index contributed by atoms with van der Waals surface area (Å²) in [5.41, 5.74) is -1.06. The van der Waals surface area contributed by atoms with E-state index in [4.69, 9.17) is 0 Å². The van der Waals surface area contributed by atoms with Crippen molar-refractivity contribution in [3.05, 3.63) is 12.2 Å². The summed E-state index contributed by atoms with van der Waals surface area (Å²) in [6.45, 7) is 14.1. The molecule has 3 N–H and O–H groups in total. The molecule has 3 nitrogen and oxygen atoms in total. The zero-order chi connectivity index (χ0) is 22.8. The summed E-state index contributed by atoms with van der Waals surface area (Å²) in [6, 6.07) is 0. The molecule has 0 heterocycles. The molecule has 4 aliphatic rings. The molecule has 0 amide bonds. The van der Waals surface area contributed by atoms with Crippen LogP contribution in [-0.4, -0.2) is 33.1 Å². The fourth-order valence-corrected chi connectivity index (χ4v) is 8.87. The molecule has 11 atom stereocenters. The first-order valence-electron chi connectivity index (χ1n) is 13.2. The molecule has 178 valence electrons. The Bertz CT molecular complexity index is 688. The molecule has 4 fully saturated rings. The molecule has 0 radical (unpaired) electrons. The lowest BCUT2D eigenvalue weighted by Crippen LogP contribution is -2.68. The maximum absolute atomic E-state index is 11.6. The Morgan fingerprint density at radius 3 is 2.26 bits per heavy atom. The van der Waals surface area contributed by atoms with Gasteiger partial charge in [-0.1, -0.05) is 53.7 Å². The number of allylic oxidation sites excluding steroid dienone is 2. The highest BCUT2D eigenvalue weighted by Gasteiger charge is 2.67. The summed E-state index contributed by atoms with van der Waals surface area (Å²) in [4.78, 5) is 0. The van der Waals surface area contributed by atoms with Crippen LogP contribution in [0, 0.1) is 52.3 Å². The molecule has 0 aromatic heterocycles. The Kier molecular flexibility index (Phi) is 6.24. The predicted molar refractivity (Wildman–Crippen MR) is 126 cm³/mol. The van der Waals surface area contributed by atoms with Gasteiger partial charge in [-0.2, -0.15) is 0 Å². The first kappa shape index (κ1) is 23.8. The summed E-state index contributed by atoms with van der Waals surface area (Å²) in [6.07, 6.45) is 11.4. The second kappa shape index (κ2) is 8.13. The average molecular weight is 433 g/mol. The fourth-order valence-electron chi connectivity index (χ4n) is 8.87. The van der Waals surface area contributed by atoms with Gasteiger partial charge < -0.3 is 15.3 Å². The molecular formula is C28H48O3. The molecule has 0 spiro atoms. The molecule has 0 unspecified atom stereocenters. The fraction of sp³-hybridized carbons (Fsp3) is 0.929. The quantitative estimate of drug-likeness (QED) is 0.509. The lowest BCUT2D eigenvalue weighted by molar-refractivity contribution is -0.264. The van der Waals surface area contributed by atoms with Gasteiger partial charge in [-0.25, -0.2) is 0 Å². The second-order valence-corrected chi connectivity index (χ2v) is 12.9. The van der Waals surface area contributed by atoms with Crippen molar-refractivity contribution in [3.63, 3.8) is 0 Å². The van der Waals surface area contributed by atoms with Gasteiger partial charge in [-0.3, -0.25) is 0 Å². The zero-order valence-electron chi connectivity index (χ0n) is 20.8. The van der Waals surface area contributed by atoms with Crippen molar-refractivity contribution in [1.29, 1.82) is 0 Å². The van der Waals surface area contributed by atoms with Gasteiger partial charge in [0.05, 0.1) is 17.8 Å². The van der Waals surface area contributed by atoms with Crippen LogP contribution < -0.4 is 0 Å². The van der Waals surface area contributed by atoms with E-state index in [1.54, 1.807) is 0 Å². The first-order chi connectivity index (χ1) is 14.4. The number of aliphatic hydroxyl groups excluding tert-OH is 2. The van der Waals surface area contributed by atoms with Crippen LogP contribution in [0.25, 0.3) is 0 Å². The van der Waals surface area contributed by atoms with Gasteiger partial charge >= 0.3 is 0 Å². The van der Waals surface area contributed by atoms with Gasteiger partial charge in [-0.05, 0) is 91.8 Å². The van der Waals surface area contributed by atoms with E-state index in [9.17, 15) is 15.3 Å². The maximum Gasteiger partial charge on any atom is 0.0985 e. The van der Waals surface area contributed by atoms with Gasteiger partial charge in [0, 0.05) is 11.8 Å². The summed E-state index contributed by atoms with van der Waals surface area (Å²) in [5, 5.41) is 33.1. The van der Waals surface area contributed by atoms with Gasteiger partial charge in [0.2, 0.25) is 0 Å². The van der Waals surface area contributed by atoms with Gasteiger partial charge in [0.25, 0.3) is 0 Å². The van der Waals surface area contributed by atoms with E-state index >= 15 is 0 Å². The lowest BCUT2D eigenvalue weighted by Gasteiger charge is -2.65. The largest absolute Gasteiger partial charge is 0.393 e. The molecule has 3 heteroatoms. The predicted octanol–water partition coefficient (Wildman–Crippen LogP) is 5.58. The molecule has 4 rings (SSSR count). The molecule has 4 saturated carbocycles. The van der Waals surface area contributed by atoms with Gasteiger partial charge in [0.1, 0.15) is 0 Å². The van der Waals surface area contributed by atoms with Crippen molar-refractivity contribution >= 4 is 0 Å². The van der Waals surface area contributed by atoms with Crippen LogP contribution in [0.3, 0.4) is 0 Å². The number of aliphatic hydroxyl groups is 3. The van der Waals surface area contributed by atoms with Crippen molar-refractivity contribution in [2.75, 3.05) is 0 Å². The monoisotopic (exact) mass is 432 g/mol. The highest BCUT2D eigenvalue weighted by atomic mass is 16.3. The lowest BCUT2D eigenvalue weighted by atomic mass is 9.42. The molecule has 4 aliphatic carbocycles. The van der Waals surface area contributed by atoms with Crippen molar-refractivity contribution in [1.82, 2.24) is 0 Å². The van der Waals surface area contributed by atoms with Crippen molar-refractivity contribution in [2.24, 2.45) is 52.3 Å². The topological polar surface area (TPSA) is 60.7 Å². The molecule has 0 bridgehead atoms. The van der Waals surface area contributed by atoms with E-state index in [1.807, 2.05) is 0 Å². The maximum atomic E-state index is 11.6. The van der Waals surface area contributed by atoms with E-state index in [1.165, 1.54) is 19.3 Å². The summed E-state index contributed by atoms with van der Waals surface area (Å²) in [7, 11) is 0. The van der Waals surface area contributed by atoms with E-state index in [0.717, 1.165) is 19.3 Å². The molecule has 31 heavy (non-hydrogen) atoms. The standard InChI is InChI=1S/C28H48O3/c1-17(2)18(3)7-8-19(4)22-9-10-23-21-15-25(30)28(31)16-20(29)11-14-27(28,6)24(21)12-13-26(22,23)5/h7-8,17-25,29-31H,9-16H2,1-6H3/b8-7+/t18-,19+,20-,21-,22-,23+,24+,25+,26+,27+,28-/m0/s1. The molecule has 0 aliphatic heterocycles. The number of fused-ring (bicyclic) bond motifs is 5. The zero-order valence-corrected chi connectivity index (χ0v) is 20.8. The van der Waals surface area contributed by atoms with E-state index in [-0.39, 0.29) is 5.41 Å². The third-order valence-electron chi connectivity index (χ3n) is 11.3. The van der Waals surface area contributed by atoms with Crippen LogP contribution in [-0.2, 0) is 0 Å². The Labute approximate surface area is 190 Å². The Hall–Kier alpha value is -0.380. The third kappa shape index (κ3) is 3.56. The summed E-state index contributed by atoms with van der Waals surface area (Å²) < 4.78 is 0.